The minimum absolute atomic E-state index is 0.0833. The Hall–Kier alpha value is -2.90. The van der Waals surface area contributed by atoms with E-state index in [0.29, 0.717) is 35.2 Å². The lowest BCUT2D eigenvalue weighted by molar-refractivity contribution is -0.144. The fourth-order valence-electron chi connectivity index (χ4n) is 4.49. The largest absolute Gasteiger partial charge is 0.452 e. The second-order valence-corrected chi connectivity index (χ2v) is 11.3. The molecule has 2 aliphatic rings. The van der Waals surface area contributed by atoms with Crippen molar-refractivity contribution >= 4 is 55.6 Å². The van der Waals surface area contributed by atoms with E-state index in [1.807, 2.05) is 22.9 Å². The Kier molecular flexibility index (Phi) is 6.33. The maximum atomic E-state index is 13.3. The van der Waals surface area contributed by atoms with E-state index in [1.54, 1.807) is 4.90 Å². The zero-order valence-corrected chi connectivity index (χ0v) is 20.9. The summed E-state index contributed by atoms with van der Waals surface area (Å²) >= 11 is 6.43. The summed E-state index contributed by atoms with van der Waals surface area (Å²) in [5.41, 5.74) is 2.65. The number of hydrogen-bond acceptors (Lipinski definition) is 7. The molecule has 0 saturated carbocycles. The average molecular weight is 558 g/mol. The Morgan fingerprint density at radius 2 is 1.86 bits per heavy atom. The van der Waals surface area contributed by atoms with Crippen molar-refractivity contribution in [2.24, 2.45) is 0 Å². The molecular formula is C22H19ClF3N5O3S2. The minimum Gasteiger partial charge on any atom is -0.359 e. The van der Waals surface area contributed by atoms with E-state index in [0.717, 1.165) is 30.6 Å². The van der Waals surface area contributed by atoms with Gasteiger partial charge in [0.2, 0.25) is 16.9 Å². The standard InChI is InChI=1S/C22H19ClF3N5O3S2/c23-14-3-8-17-13(12-14)2-1-10-31(17)18-9-11-30(19(18)32)15-4-6-16(7-5-15)36(33,34)29-21-27-20(28-35-21)22(24,25)26/h3-8,12,18H,1-2,9-11H2,(H,27,28,29)/t18-/m0/s1. The molecule has 1 fully saturated rings. The highest BCUT2D eigenvalue weighted by molar-refractivity contribution is 7.93. The van der Waals surface area contributed by atoms with Gasteiger partial charge in [0.15, 0.2) is 0 Å². The van der Waals surface area contributed by atoms with Crippen molar-refractivity contribution in [3.63, 3.8) is 0 Å². The number of aromatic nitrogens is 2. The van der Waals surface area contributed by atoms with Crippen LogP contribution in [0.25, 0.3) is 0 Å². The molecule has 190 valence electrons. The summed E-state index contributed by atoms with van der Waals surface area (Å²) in [5.74, 6) is -1.50. The molecule has 2 aliphatic heterocycles. The molecule has 3 aromatic rings. The van der Waals surface area contributed by atoms with Crippen molar-refractivity contribution in [3.05, 3.63) is 58.9 Å². The van der Waals surface area contributed by atoms with Crippen LogP contribution in [0, 0.1) is 0 Å². The van der Waals surface area contributed by atoms with Crippen LogP contribution in [0.4, 0.5) is 29.7 Å². The van der Waals surface area contributed by atoms with E-state index < -0.39 is 27.2 Å². The average Bonchev–Trinajstić information content (AvgIpc) is 3.45. The molecule has 1 aromatic heterocycles. The lowest BCUT2D eigenvalue weighted by Crippen LogP contribution is -2.44. The number of carbonyl (C=O) groups is 1. The number of fused-ring (bicyclic) bond motifs is 1. The first-order valence-corrected chi connectivity index (χ1v) is 13.6. The normalized spacial score (nSPS) is 18.4. The Bertz CT molecular complexity index is 1410. The molecule has 0 radical (unpaired) electrons. The lowest BCUT2D eigenvalue weighted by Gasteiger charge is -2.35. The van der Waals surface area contributed by atoms with Crippen LogP contribution < -0.4 is 14.5 Å². The molecule has 0 unspecified atom stereocenters. The maximum absolute atomic E-state index is 13.3. The van der Waals surface area contributed by atoms with Crippen molar-refractivity contribution < 1.29 is 26.4 Å². The number of nitrogens with one attached hydrogen (secondary N) is 1. The number of rotatable bonds is 5. The van der Waals surface area contributed by atoms with Crippen LogP contribution in [0.5, 0.6) is 0 Å². The first kappa shape index (κ1) is 24.8. The molecule has 2 aromatic carbocycles. The fraction of sp³-hybridized carbons (Fsp3) is 0.318. The van der Waals surface area contributed by atoms with Crippen LogP contribution in [0.15, 0.2) is 47.4 Å². The number of anilines is 3. The van der Waals surface area contributed by atoms with Gasteiger partial charge in [-0.2, -0.15) is 22.5 Å². The van der Waals surface area contributed by atoms with E-state index in [-0.39, 0.29) is 16.8 Å². The van der Waals surface area contributed by atoms with Crippen LogP contribution >= 0.6 is 23.1 Å². The van der Waals surface area contributed by atoms with Gasteiger partial charge in [-0.1, -0.05) is 11.6 Å². The predicted molar refractivity (Wildman–Crippen MR) is 130 cm³/mol. The summed E-state index contributed by atoms with van der Waals surface area (Å²) in [6.07, 6.45) is -2.35. The topological polar surface area (TPSA) is 95.5 Å². The summed E-state index contributed by atoms with van der Waals surface area (Å²) in [7, 11) is -4.20. The smallest absolute Gasteiger partial charge is 0.359 e. The highest BCUT2D eigenvalue weighted by Crippen LogP contribution is 2.35. The molecule has 1 amide bonds. The number of sulfonamides is 1. The third kappa shape index (κ3) is 4.74. The maximum Gasteiger partial charge on any atom is 0.452 e. The molecule has 0 bridgehead atoms. The second-order valence-electron chi connectivity index (χ2n) is 8.38. The Labute approximate surface area is 213 Å². The van der Waals surface area contributed by atoms with Crippen LogP contribution in [-0.2, 0) is 27.4 Å². The number of nitrogens with zero attached hydrogens (tertiary/aromatic N) is 4. The van der Waals surface area contributed by atoms with Crippen molar-refractivity contribution in [1.82, 2.24) is 9.36 Å². The van der Waals surface area contributed by atoms with Crippen LogP contribution in [-0.4, -0.2) is 42.8 Å². The zero-order valence-electron chi connectivity index (χ0n) is 18.5. The van der Waals surface area contributed by atoms with Gasteiger partial charge in [0.05, 0.1) is 4.90 Å². The number of hydrogen-bond donors (Lipinski definition) is 1. The van der Waals surface area contributed by atoms with Gasteiger partial charge in [-0.3, -0.25) is 9.52 Å². The SMILES string of the molecule is O=C1[C@@H](N2CCCc3cc(Cl)ccc32)CCN1c1ccc(S(=O)(=O)Nc2nc(C(F)(F)F)ns2)cc1. The number of alkyl halides is 3. The predicted octanol–water partition coefficient (Wildman–Crippen LogP) is 4.57. The fourth-order valence-corrected chi connectivity index (χ4v) is 6.49. The number of amides is 1. The third-order valence-electron chi connectivity index (χ3n) is 6.11. The van der Waals surface area contributed by atoms with E-state index >= 15 is 0 Å². The molecule has 5 rings (SSSR count). The molecular weight excluding hydrogens is 539 g/mol. The molecule has 1 N–H and O–H groups in total. The summed E-state index contributed by atoms with van der Waals surface area (Å²) in [5, 5.41) is 0.165. The van der Waals surface area contributed by atoms with Crippen LogP contribution in [0.1, 0.15) is 24.2 Å². The lowest BCUT2D eigenvalue weighted by atomic mass is 9.99. The van der Waals surface area contributed by atoms with Gasteiger partial charge in [0.1, 0.15) is 6.04 Å². The number of benzene rings is 2. The second kappa shape index (κ2) is 9.20. The molecule has 0 spiro atoms. The number of carbonyl (C=O) groups excluding carboxylic acids is 1. The quantitative estimate of drug-likeness (QED) is 0.494. The molecule has 3 heterocycles. The molecule has 36 heavy (non-hydrogen) atoms. The summed E-state index contributed by atoms with van der Waals surface area (Å²) in [6, 6.07) is 10.9. The molecule has 0 aliphatic carbocycles. The third-order valence-corrected chi connectivity index (χ3v) is 8.46. The first-order valence-electron chi connectivity index (χ1n) is 10.9. The Morgan fingerprint density at radius 1 is 1.11 bits per heavy atom. The number of halogens is 4. The van der Waals surface area contributed by atoms with Crippen molar-refractivity contribution in [1.29, 1.82) is 0 Å². The summed E-state index contributed by atoms with van der Waals surface area (Å²) in [4.78, 5) is 20.0. The minimum atomic E-state index is -4.77. The Morgan fingerprint density at radius 3 is 2.56 bits per heavy atom. The monoisotopic (exact) mass is 557 g/mol. The zero-order chi connectivity index (χ0) is 25.7. The molecule has 8 nitrogen and oxygen atoms in total. The highest BCUT2D eigenvalue weighted by Gasteiger charge is 2.39. The Balaban J connectivity index is 1.30. The van der Waals surface area contributed by atoms with E-state index in [9.17, 15) is 26.4 Å². The summed E-state index contributed by atoms with van der Waals surface area (Å²) in [6.45, 7) is 1.22. The van der Waals surface area contributed by atoms with Gasteiger partial charge in [-0.25, -0.2) is 8.42 Å². The van der Waals surface area contributed by atoms with Gasteiger partial charge >= 0.3 is 6.18 Å². The number of aryl methyl sites for hydroxylation is 1. The molecule has 1 atom stereocenters. The van der Waals surface area contributed by atoms with E-state index in [2.05, 4.69) is 14.3 Å². The van der Waals surface area contributed by atoms with Gasteiger partial charge in [-0.15, -0.1) is 0 Å². The highest BCUT2D eigenvalue weighted by atomic mass is 35.5. The van der Waals surface area contributed by atoms with Gasteiger partial charge in [0.25, 0.3) is 10.0 Å². The van der Waals surface area contributed by atoms with Crippen molar-refractivity contribution in [3.8, 4) is 0 Å². The summed E-state index contributed by atoms with van der Waals surface area (Å²) < 4.78 is 68.4. The first-order chi connectivity index (χ1) is 17.0. The molecule has 1 saturated heterocycles. The van der Waals surface area contributed by atoms with E-state index in [4.69, 9.17) is 11.6 Å². The van der Waals surface area contributed by atoms with Gasteiger partial charge in [-0.05, 0) is 67.3 Å². The van der Waals surface area contributed by atoms with Crippen molar-refractivity contribution in [2.45, 2.75) is 36.4 Å². The van der Waals surface area contributed by atoms with Gasteiger partial charge < -0.3 is 9.80 Å². The van der Waals surface area contributed by atoms with E-state index in [1.165, 1.54) is 24.3 Å². The molecule has 14 heteroatoms. The van der Waals surface area contributed by atoms with Crippen LogP contribution in [0.3, 0.4) is 0 Å². The van der Waals surface area contributed by atoms with Gasteiger partial charge in [0, 0.05) is 41.0 Å². The van der Waals surface area contributed by atoms with Crippen LogP contribution in [0.2, 0.25) is 5.02 Å². The van der Waals surface area contributed by atoms with Crippen molar-refractivity contribution in [2.75, 3.05) is 27.6 Å².